The van der Waals surface area contributed by atoms with Gasteiger partial charge in [-0.05, 0) is 49.9 Å². The number of hydrogen-bond donors (Lipinski definition) is 1. The number of anilines is 1. The van der Waals surface area contributed by atoms with Crippen molar-refractivity contribution in [2.45, 2.75) is 53.1 Å². The Morgan fingerprint density at radius 3 is 2.38 bits per heavy atom. The van der Waals surface area contributed by atoms with E-state index in [1.165, 1.54) is 11.8 Å². The minimum absolute atomic E-state index is 0.185. The smallest absolute Gasteiger partial charge is 0.244 e. The highest BCUT2D eigenvalue weighted by molar-refractivity contribution is 7.92. The summed E-state index contributed by atoms with van der Waals surface area (Å²) in [6.45, 7) is 8.27. The van der Waals surface area contributed by atoms with Gasteiger partial charge < -0.3 is 19.7 Å². The molecule has 9 nitrogen and oxygen atoms in total. The van der Waals surface area contributed by atoms with Crippen molar-refractivity contribution in [3.63, 3.8) is 0 Å². The fourth-order valence-corrected chi connectivity index (χ4v) is 5.22. The van der Waals surface area contributed by atoms with Crippen molar-refractivity contribution < 1.29 is 27.5 Å². The van der Waals surface area contributed by atoms with E-state index in [-0.39, 0.29) is 18.2 Å². The Kier molecular flexibility index (Phi) is 9.79. The summed E-state index contributed by atoms with van der Waals surface area (Å²) in [7, 11) is -3.83. The molecule has 1 aliphatic heterocycles. The molecule has 1 aliphatic rings. The van der Waals surface area contributed by atoms with E-state index in [0.717, 1.165) is 21.9 Å². The van der Waals surface area contributed by atoms with Gasteiger partial charge in [-0.15, -0.1) is 0 Å². The van der Waals surface area contributed by atoms with Crippen molar-refractivity contribution in [1.82, 2.24) is 10.2 Å². The molecule has 2 aromatic carbocycles. The minimum atomic E-state index is -3.83. The van der Waals surface area contributed by atoms with Crippen LogP contribution in [-0.2, 0) is 26.2 Å². The molecule has 37 heavy (non-hydrogen) atoms. The molecular weight excluding hydrogens is 494 g/mol. The third-order valence-electron chi connectivity index (χ3n) is 6.33. The number of aryl methyl sites for hydroxylation is 1. The fourth-order valence-electron chi connectivity index (χ4n) is 4.16. The molecule has 2 amide bonds. The number of rotatable bonds is 12. The Balaban J connectivity index is 1.98. The molecule has 202 valence electrons. The van der Waals surface area contributed by atoms with Gasteiger partial charge in [-0.1, -0.05) is 38.1 Å². The molecule has 0 unspecified atom stereocenters. The predicted molar refractivity (Wildman–Crippen MR) is 143 cm³/mol. The number of fused-ring (bicyclic) bond motifs is 1. The van der Waals surface area contributed by atoms with Crippen molar-refractivity contribution in [2.75, 3.05) is 36.4 Å². The lowest BCUT2D eigenvalue weighted by Crippen LogP contribution is -2.52. The number of ether oxygens (including phenoxy) is 2. The van der Waals surface area contributed by atoms with Gasteiger partial charge in [0.25, 0.3) is 0 Å². The first-order valence-electron chi connectivity index (χ1n) is 12.7. The molecule has 0 radical (unpaired) electrons. The van der Waals surface area contributed by atoms with Crippen molar-refractivity contribution in [2.24, 2.45) is 0 Å². The summed E-state index contributed by atoms with van der Waals surface area (Å²) >= 11 is 0. The maximum absolute atomic E-state index is 13.9. The van der Waals surface area contributed by atoms with Gasteiger partial charge in [0, 0.05) is 19.2 Å². The molecule has 0 spiro atoms. The third kappa shape index (κ3) is 6.94. The maximum Gasteiger partial charge on any atom is 0.244 e. The van der Waals surface area contributed by atoms with Crippen LogP contribution >= 0.6 is 0 Å². The fraction of sp³-hybridized carbons (Fsp3) is 0.481. The zero-order chi connectivity index (χ0) is 27.0. The highest BCUT2D eigenvalue weighted by atomic mass is 32.2. The normalized spacial score (nSPS) is 13.5. The molecule has 0 bridgehead atoms. The molecule has 1 N–H and O–H groups in total. The van der Waals surface area contributed by atoms with E-state index >= 15 is 0 Å². The van der Waals surface area contributed by atoms with E-state index in [9.17, 15) is 18.0 Å². The lowest BCUT2D eigenvalue weighted by Gasteiger charge is -2.33. The molecule has 0 saturated heterocycles. The Hall–Kier alpha value is -3.27. The molecule has 0 aromatic heterocycles. The number of carbonyl (C=O) groups is 2. The Morgan fingerprint density at radius 2 is 1.73 bits per heavy atom. The monoisotopic (exact) mass is 531 g/mol. The molecule has 0 saturated carbocycles. The third-order valence-corrected chi connectivity index (χ3v) is 8.07. The number of nitrogens with one attached hydrogen (secondary N) is 1. The minimum Gasteiger partial charge on any atom is -0.486 e. The van der Waals surface area contributed by atoms with Gasteiger partial charge in [-0.3, -0.25) is 13.9 Å². The molecule has 1 atom stereocenters. The zero-order valence-electron chi connectivity index (χ0n) is 22.0. The molecule has 10 heteroatoms. The van der Waals surface area contributed by atoms with E-state index in [0.29, 0.717) is 43.4 Å². The molecule has 3 rings (SSSR count). The molecule has 1 heterocycles. The second-order valence-electron chi connectivity index (χ2n) is 8.90. The number of nitrogens with zero attached hydrogens (tertiary/aromatic N) is 2. The first-order chi connectivity index (χ1) is 17.7. The van der Waals surface area contributed by atoms with E-state index < -0.39 is 28.5 Å². The average molecular weight is 532 g/mol. The van der Waals surface area contributed by atoms with Crippen LogP contribution in [-0.4, -0.2) is 63.2 Å². The van der Waals surface area contributed by atoms with Gasteiger partial charge in [0.1, 0.15) is 25.8 Å². The second kappa shape index (κ2) is 12.8. The summed E-state index contributed by atoms with van der Waals surface area (Å²) in [5.74, 6) is 0.0366. The summed E-state index contributed by atoms with van der Waals surface area (Å²) < 4.78 is 38.6. The zero-order valence-corrected chi connectivity index (χ0v) is 22.8. The molecule has 2 aromatic rings. The summed E-state index contributed by atoms with van der Waals surface area (Å²) in [6, 6.07) is 11.7. The van der Waals surface area contributed by atoms with Gasteiger partial charge in [-0.2, -0.15) is 0 Å². The van der Waals surface area contributed by atoms with Crippen molar-refractivity contribution in [1.29, 1.82) is 0 Å². The van der Waals surface area contributed by atoms with Crippen molar-refractivity contribution >= 4 is 27.5 Å². The predicted octanol–water partition coefficient (Wildman–Crippen LogP) is 3.26. The SMILES string of the molecule is CCCNC(=O)[C@H](CC)N(Cc1ccccc1C)C(=O)CN(c1ccc2c(c1)OCCO2)S(=O)(=O)CC. The summed E-state index contributed by atoms with van der Waals surface area (Å²) in [5, 5.41) is 2.88. The van der Waals surface area contributed by atoms with E-state index in [2.05, 4.69) is 5.32 Å². The van der Waals surface area contributed by atoms with Crippen molar-refractivity contribution in [3.05, 3.63) is 53.6 Å². The quantitative estimate of drug-likeness (QED) is 0.451. The van der Waals surface area contributed by atoms with E-state index in [1.807, 2.05) is 45.0 Å². The van der Waals surface area contributed by atoms with Crippen LogP contribution in [0, 0.1) is 6.92 Å². The number of sulfonamides is 1. The Labute approximate surface area is 219 Å². The lowest BCUT2D eigenvalue weighted by atomic mass is 10.1. The van der Waals surface area contributed by atoms with Gasteiger partial charge in [-0.25, -0.2) is 8.42 Å². The highest BCUT2D eigenvalue weighted by Crippen LogP contribution is 2.35. The average Bonchev–Trinajstić information content (AvgIpc) is 2.90. The number of carbonyl (C=O) groups excluding carboxylic acids is 2. The van der Waals surface area contributed by atoms with Crippen LogP contribution in [0.25, 0.3) is 0 Å². The van der Waals surface area contributed by atoms with Crippen LogP contribution in [0.5, 0.6) is 11.5 Å². The largest absolute Gasteiger partial charge is 0.486 e. The summed E-state index contributed by atoms with van der Waals surface area (Å²) in [4.78, 5) is 28.4. The molecule has 0 aliphatic carbocycles. The second-order valence-corrected chi connectivity index (χ2v) is 11.1. The van der Waals surface area contributed by atoms with E-state index in [4.69, 9.17) is 9.47 Å². The summed E-state index contributed by atoms with van der Waals surface area (Å²) in [6.07, 6.45) is 1.15. The van der Waals surface area contributed by atoms with Gasteiger partial charge in [0.05, 0.1) is 11.4 Å². The first-order valence-corrected chi connectivity index (χ1v) is 14.3. The Morgan fingerprint density at radius 1 is 1.03 bits per heavy atom. The van der Waals surface area contributed by atoms with Crippen LogP contribution in [0.1, 0.15) is 44.7 Å². The maximum atomic E-state index is 13.9. The van der Waals surface area contributed by atoms with Crippen LogP contribution in [0.2, 0.25) is 0 Å². The van der Waals surface area contributed by atoms with Crippen LogP contribution < -0.4 is 19.1 Å². The lowest BCUT2D eigenvalue weighted by molar-refractivity contribution is -0.140. The van der Waals surface area contributed by atoms with Crippen LogP contribution in [0.4, 0.5) is 5.69 Å². The van der Waals surface area contributed by atoms with Crippen LogP contribution in [0.3, 0.4) is 0 Å². The molecular formula is C27H37N3O6S. The van der Waals surface area contributed by atoms with Gasteiger partial charge in [0.15, 0.2) is 11.5 Å². The Bertz CT molecular complexity index is 1200. The van der Waals surface area contributed by atoms with E-state index in [1.54, 1.807) is 18.2 Å². The number of amides is 2. The van der Waals surface area contributed by atoms with Gasteiger partial charge in [0.2, 0.25) is 21.8 Å². The standard InChI is InChI=1S/C27H37N3O6S/c1-5-14-28-27(32)23(6-2)29(18-21-11-9-8-10-20(21)4)26(31)19-30(37(33,34)7-3)22-12-13-24-25(17-22)36-16-15-35-24/h8-13,17,23H,5-7,14-16,18-19H2,1-4H3,(H,28,32)/t23-/m0/s1. The number of hydrogen-bond acceptors (Lipinski definition) is 6. The first kappa shape index (κ1) is 28.3. The van der Waals surface area contributed by atoms with Crippen molar-refractivity contribution in [3.8, 4) is 11.5 Å². The number of benzene rings is 2. The highest BCUT2D eigenvalue weighted by Gasteiger charge is 2.33. The molecule has 0 fully saturated rings. The van der Waals surface area contributed by atoms with Crippen LogP contribution in [0.15, 0.2) is 42.5 Å². The summed E-state index contributed by atoms with van der Waals surface area (Å²) in [5.41, 5.74) is 2.18. The van der Waals surface area contributed by atoms with Gasteiger partial charge >= 0.3 is 0 Å². The topological polar surface area (TPSA) is 105 Å².